The quantitative estimate of drug-likeness (QED) is 0.388. The van der Waals surface area contributed by atoms with Crippen molar-refractivity contribution in [2.24, 2.45) is 10.4 Å². The Hall–Kier alpha value is -1.68. The normalized spacial score (nSPS) is 21.1. The summed E-state index contributed by atoms with van der Waals surface area (Å²) in [7, 11) is 3.57. The van der Waals surface area contributed by atoms with E-state index in [1.807, 2.05) is 23.8 Å². The molecule has 1 fully saturated rings. The molecule has 1 aliphatic carbocycles. The Balaban J connectivity index is 0.00000261. The molecule has 148 valence electrons. The molecule has 0 aromatic carbocycles. The molecule has 27 heavy (non-hydrogen) atoms. The van der Waals surface area contributed by atoms with Crippen molar-refractivity contribution >= 4 is 29.9 Å². The second-order valence-electron chi connectivity index (χ2n) is 7.23. The lowest BCUT2D eigenvalue weighted by atomic mass is 9.64. The minimum Gasteiger partial charge on any atom is -0.381 e. The van der Waals surface area contributed by atoms with Crippen LogP contribution >= 0.6 is 24.0 Å². The molecule has 2 aromatic heterocycles. The first-order valence-electron chi connectivity index (χ1n) is 8.91. The van der Waals surface area contributed by atoms with E-state index in [2.05, 4.69) is 45.5 Å². The Labute approximate surface area is 178 Å². The van der Waals surface area contributed by atoms with Gasteiger partial charge in [0.25, 0.3) is 0 Å². The number of rotatable bonds is 5. The number of imidazole rings is 1. The zero-order valence-corrected chi connectivity index (χ0v) is 18.9. The summed E-state index contributed by atoms with van der Waals surface area (Å²) in [5.74, 6) is 2.58. The number of hydrogen-bond donors (Lipinski definition) is 2. The number of guanidine groups is 1. The first-order chi connectivity index (χ1) is 12.5. The van der Waals surface area contributed by atoms with Crippen LogP contribution in [-0.4, -0.2) is 46.8 Å². The zero-order chi connectivity index (χ0) is 18.7. The number of aliphatic imine (C=N–C) groups is 1. The lowest BCUT2D eigenvalue weighted by molar-refractivity contribution is -0.0922. The molecule has 1 aliphatic rings. The second-order valence-corrected chi connectivity index (χ2v) is 7.23. The number of halogens is 1. The smallest absolute Gasteiger partial charge is 0.191 e. The maximum atomic E-state index is 5.53. The molecule has 0 amide bonds. The summed E-state index contributed by atoms with van der Waals surface area (Å²) in [4.78, 5) is 13.2. The average Bonchev–Trinajstić information content (AvgIpc) is 3.06. The topological polar surface area (TPSA) is 76.4 Å². The Morgan fingerprint density at radius 1 is 1.37 bits per heavy atom. The van der Waals surface area contributed by atoms with Gasteiger partial charge in [0.15, 0.2) is 5.96 Å². The lowest BCUT2D eigenvalue weighted by Gasteiger charge is -2.51. The van der Waals surface area contributed by atoms with Gasteiger partial charge in [-0.15, -0.1) is 24.0 Å². The van der Waals surface area contributed by atoms with Crippen molar-refractivity contribution in [2.75, 3.05) is 14.2 Å². The van der Waals surface area contributed by atoms with Gasteiger partial charge in [-0.2, -0.15) is 0 Å². The van der Waals surface area contributed by atoms with Crippen molar-refractivity contribution in [3.8, 4) is 5.82 Å². The summed E-state index contributed by atoms with van der Waals surface area (Å²) in [6.07, 6.45) is 6.78. The minimum atomic E-state index is 0. The minimum absolute atomic E-state index is 0. The fourth-order valence-corrected chi connectivity index (χ4v) is 3.46. The van der Waals surface area contributed by atoms with Gasteiger partial charge < -0.3 is 15.4 Å². The van der Waals surface area contributed by atoms with Gasteiger partial charge in [0, 0.05) is 56.3 Å². The third-order valence-electron chi connectivity index (χ3n) is 5.36. The monoisotopic (exact) mass is 484 g/mol. The molecule has 0 saturated heterocycles. The van der Waals surface area contributed by atoms with Crippen LogP contribution in [0.25, 0.3) is 5.82 Å². The molecular weight excluding hydrogens is 455 g/mol. The fraction of sp³-hybridized carbons (Fsp3) is 0.526. The molecule has 0 radical (unpaired) electrons. The molecule has 2 atom stereocenters. The first-order valence-corrected chi connectivity index (χ1v) is 8.91. The van der Waals surface area contributed by atoms with Crippen molar-refractivity contribution in [3.63, 3.8) is 0 Å². The number of hydrogen-bond acceptors (Lipinski definition) is 4. The molecular formula is C19H29IN6O. The van der Waals surface area contributed by atoms with E-state index in [0.29, 0.717) is 12.6 Å². The van der Waals surface area contributed by atoms with Crippen molar-refractivity contribution in [1.29, 1.82) is 0 Å². The Kier molecular flexibility index (Phi) is 7.21. The summed E-state index contributed by atoms with van der Waals surface area (Å²) in [5.41, 5.74) is 1.17. The van der Waals surface area contributed by atoms with E-state index >= 15 is 0 Å². The van der Waals surface area contributed by atoms with Gasteiger partial charge >= 0.3 is 0 Å². The summed E-state index contributed by atoms with van der Waals surface area (Å²) in [6, 6.07) is 4.35. The molecule has 0 bridgehead atoms. The number of pyridine rings is 1. The Morgan fingerprint density at radius 3 is 2.74 bits per heavy atom. The van der Waals surface area contributed by atoms with E-state index in [4.69, 9.17) is 4.74 Å². The van der Waals surface area contributed by atoms with E-state index in [-0.39, 0.29) is 35.5 Å². The molecule has 2 aromatic rings. The molecule has 2 N–H and O–H groups in total. The van der Waals surface area contributed by atoms with Gasteiger partial charge in [-0.3, -0.25) is 9.56 Å². The van der Waals surface area contributed by atoms with Crippen molar-refractivity contribution in [1.82, 2.24) is 25.2 Å². The summed E-state index contributed by atoms with van der Waals surface area (Å²) >= 11 is 0. The number of nitrogens with one attached hydrogen (secondary N) is 2. The highest BCUT2D eigenvalue weighted by molar-refractivity contribution is 14.0. The number of aryl methyl sites for hydroxylation is 1. The standard InChI is InChI=1S/C19H28N6O.HI/c1-13-21-9-10-25(13)17-14(7-6-8-22-17)12-23-18(20-4)24-15-11-16(26-5)19(15,2)3;/h6-10,15-16H,11-12H2,1-5H3,(H2,20,23,24);1H. The highest BCUT2D eigenvalue weighted by Crippen LogP contribution is 2.42. The van der Waals surface area contributed by atoms with E-state index in [0.717, 1.165) is 29.6 Å². The van der Waals surface area contributed by atoms with Crippen LogP contribution < -0.4 is 10.6 Å². The third-order valence-corrected chi connectivity index (χ3v) is 5.36. The molecule has 0 aliphatic heterocycles. The molecule has 2 heterocycles. The fourth-order valence-electron chi connectivity index (χ4n) is 3.46. The van der Waals surface area contributed by atoms with Gasteiger partial charge in [0.2, 0.25) is 0 Å². The van der Waals surface area contributed by atoms with Crippen LogP contribution in [0.4, 0.5) is 0 Å². The van der Waals surface area contributed by atoms with Crippen LogP contribution in [0, 0.1) is 12.3 Å². The van der Waals surface area contributed by atoms with Gasteiger partial charge in [-0.1, -0.05) is 19.9 Å². The molecule has 3 rings (SSSR count). The number of ether oxygens (including phenoxy) is 1. The van der Waals surface area contributed by atoms with Crippen LogP contribution in [-0.2, 0) is 11.3 Å². The largest absolute Gasteiger partial charge is 0.381 e. The molecule has 8 heteroatoms. The lowest BCUT2D eigenvalue weighted by Crippen LogP contribution is -2.63. The van der Waals surface area contributed by atoms with Gasteiger partial charge in [-0.25, -0.2) is 9.97 Å². The Morgan fingerprint density at radius 2 is 2.15 bits per heavy atom. The molecule has 7 nitrogen and oxygen atoms in total. The number of aromatic nitrogens is 3. The SMILES string of the molecule is CN=C(NCc1cccnc1-n1ccnc1C)NC1CC(OC)C1(C)C.I. The van der Waals surface area contributed by atoms with E-state index in [9.17, 15) is 0 Å². The molecule has 2 unspecified atom stereocenters. The van der Waals surface area contributed by atoms with Gasteiger partial charge in [0.1, 0.15) is 11.6 Å². The molecule has 0 spiro atoms. The number of methoxy groups -OCH3 is 1. The average molecular weight is 484 g/mol. The third kappa shape index (κ3) is 4.43. The van der Waals surface area contributed by atoms with Crippen LogP contribution in [0.3, 0.4) is 0 Å². The maximum Gasteiger partial charge on any atom is 0.191 e. The van der Waals surface area contributed by atoms with Crippen molar-refractivity contribution in [3.05, 3.63) is 42.1 Å². The highest BCUT2D eigenvalue weighted by Gasteiger charge is 2.48. The van der Waals surface area contributed by atoms with Gasteiger partial charge in [-0.05, 0) is 19.4 Å². The van der Waals surface area contributed by atoms with Crippen LogP contribution in [0.1, 0.15) is 31.7 Å². The van der Waals surface area contributed by atoms with E-state index in [1.165, 1.54) is 0 Å². The van der Waals surface area contributed by atoms with Gasteiger partial charge in [0.05, 0.1) is 6.10 Å². The van der Waals surface area contributed by atoms with Crippen LogP contribution in [0.5, 0.6) is 0 Å². The Bertz CT molecular complexity index is 788. The van der Waals surface area contributed by atoms with E-state index < -0.39 is 0 Å². The van der Waals surface area contributed by atoms with E-state index in [1.54, 1.807) is 26.6 Å². The number of nitrogens with zero attached hydrogens (tertiary/aromatic N) is 4. The predicted molar refractivity (Wildman–Crippen MR) is 118 cm³/mol. The summed E-state index contributed by atoms with van der Waals surface area (Å²) in [6.45, 7) is 7.03. The van der Waals surface area contributed by atoms with Crippen LogP contribution in [0.15, 0.2) is 35.7 Å². The molecule has 1 saturated carbocycles. The summed E-state index contributed by atoms with van der Waals surface area (Å²) < 4.78 is 7.52. The first kappa shape index (κ1) is 21.6. The maximum absolute atomic E-state index is 5.53. The van der Waals surface area contributed by atoms with Crippen LogP contribution in [0.2, 0.25) is 0 Å². The summed E-state index contributed by atoms with van der Waals surface area (Å²) in [5, 5.41) is 6.91. The second kappa shape index (κ2) is 9.01. The van der Waals surface area contributed by atoms with Crippen molar-refractivity contribution < 1.29 is 4.74 Å². The zero-order valence-electron chi connectivity index (χ0n) is 16.6. The van der Waals surface area contributed by atoms with Crippen molar-refractivity contribution in [2.45, 2.75) is 45.9 Å². The highest BCUT2D eigenvalue weighted by atomic mass is 127. The predicted octanol–water partition coefficient (Wildman–Crippen LogP) is 2.67.